The molecule has 1 saturated heterocycles. The molecule has 0 aliphatic carbocycles. The van der Waals surface area contributed by atoms with E-state index in [0.717, 1.165) is 0 Å². The number of morpholine rings is 1. The standard InChI is InChI=1S/C14H23N3O4/c1-14(2,3)21-13(19)17-7-8-20-9-11(17)12(18)10-5-6-16(4)15-10/h5-6,11-12,18H,7-9H2,1-4H3. The van der Waals surface area contributed by atoms with Gasteiger partial charge in [-0.05, 0) is 26.8 Å². The molecular weight excluding hydrogens is 274 g/mol. The summed E-state index contributed by atoms with van der Waals surface area (Å²) >= 11 is 0. The number of ether oxygens (including phenoxy) is 2. The number of carbonyl (C=O) groups excluding carboxylic acids is 1. The third-order valence-corrected chi connectivity index (χ3v) is 3.20. The fourth-order valence-electron chi connectivity index (χ4n) is 2.22. The smallest absolute Gasteiger partial charge is 0.410 e. The molecular formula is C14H23N3O4. The minimum Gasteiger partial charge on any atom is -0.444 e. The quantitative estimate of drug-likeness (QED) is 0.884. The van der Waals surface area contributed by atoms with Crippen LogP contribution >= 0.6 is 0 Å². The highest BCUT2D eigenvalue weighted by Gasteiger charge is 2.36. The number of hydrogen-bond donors (Lipinski definition) is 1. The van der Waals surface area contributed by atoms with Crippen molar-refractivity contribution in [3.63, 3.8) is 0 Å². The van der Waals surface area contributed by atoms with Crippen LogP contribution in [0.15, 0.2) is 12.3 Å². The Labute approximate surface area is 124 Å². The lowest BCUT2D eigenvalue weighted by Crippen LogP contribution is -2.52. The normalized spacial score (nSPS) is 21.2. The van der Waals surface area contributed by atoms with E-state index in [-0.39, 0.29) is 6.61 Å². The topological polar surface area (TPSA) is 76.8 Å². The first kappa shape index (κ1) is 15.8. The Hall–Kier alpha value is -1.60. The summed E-state index contributed by atoms with van der Waals surface area (Å²) in [5.41, 5.74) is -0.0582. The van der Waals surface area contributed by atoms with Gasteiger partial charge >= 0.3 is 6.09 Å². The molecule has 0 spiro atoms. The molecule has 1 aliphatic heterocycles. The molecule has 2 atom stereocenters. The van der Waals surface area contributed by atoms with Crippen LogP contribution in [-0.2, 0) is 16.5 Å². The molecule has 0 saturated carbocycles. The number of aliphatic hydroxyl groups excluding tert-OH is 1. The first-order valence-corrected chi connectivity index (χ1v) is 7.03. The van der Waals surface area contributed by atoms with Crippen LogP contribution in [0.2, 0.25) is 0 Å². The summed E-state index contributed by atoms with van der Waals surface area (Å²) in [6, 6.07) is 1.23. The maximum atomic E-state index is 12.3. The first-order valence-electron chi connectivity index (χ1n) is 7.03. The number of nitrogens with zero attached hydrogens (tertiary/aromatic N) is 3. The zero-order chi connectivity index (χ0) is 15.6. The van der Waals surface area contributed by atoms with Crippen LogP contribution < -0.4 is 0 Å². The number of hydrogen-bond acceptors (Lipinski definition) is 5. The average Bonchev–Trinajstić information content (AvgIpc) is 2.82. The highest BCUT2D eigenvalue weighted by Crippen LogP contribution is 2.24. The minimum absolute atomic E-state index is 0.261. The van der Waals surface area contributed by atoms with Crippen molar-refractivity contribution in [3.05, 3.63) is 18.0 Å². The second kappa shape index (κ2) is 6.03. The van der Waals surface area contributed by atoms with Crippen molar-refractivity contribution in [2.75, 3.05) is 19.8 Å². The maximum Gasteiger partial charge on any atom is 0.410 e. The number of aromatic nitrogens is 2. The number of rotatable bonds is 2. The molecule has 1 aliphatic rings. The summed E-state index contributed by atoms with van der Waals surface area (Å²) in [5, 5.41) is 14.7. The molecule has 1 fully saturated rings. The van der Waals surface area contributed by atoms with Crippen LogP contribution in [-0.4, -0.2) is 57.3 Å². The van der Waals surface area contributed by atoms with Crippen molar-refractivity contribution in [1.29, 1.82) is 0 Å². The van der Waals surface area contributed by atoms with Crippen molar-refractivity contribution in [1.82, 2.24) is 14.7 Å². The highest BCUT2D eigenvalue weighted by molar-refractivity contribution is 5.68. The minimum atomic E-state index is -0.904. The van der Waals surface area contributed by atoms with Crippen LogP contribution in [0.25, 0.3) is 0 Å². The van der Waals surface area contributed by atoms with E-state index in [1.54, 1.807) is 24.0 Å². The van der Waals surface area contributed by atoms with Crippen LogP contribution in [0.3, 0.4) is 0 Å². The van der Waals surface area contributed by atoms with Gasteiger partial charge in [-0.2, -0.15) is 5.10 Å². The first-order chi connectivity index (χ1) is 9.78. The van der Waals surface area contributed by atoms with E-state index in [0.29, 0.717) is 18.8 Å². The Morgan fingerprint density at radius 1 is 1.57 bits per heavy atom. The van der Waals surface area contributed by atoms with Crippen LogP contribution in [0.1, 0.15) is 32.6 Å². The van der Waals surface area contributed by atoms with Gasteiger partial charge in [0.2, 0.25) is 0 Å². The van der Waals surface area contributed by atoms with E-state index in [2.05, 4.69) is 5.10 Å². The van der Waals surface area contributed by atoms with E-state index >= 15 is 0 Å². The molecule has 1 aromatic rings. The zero-order valence-electron chi connectivity index (χ0n) is 12.9. The van der Waals surface area contributed by atoms with Crippen molar-refractivity contribution >= 4 is 6.09 Å². The fraction of sp³-hybridized carbons (Fsp3) is 0.714. The van der Waals surface area contributed by atoms with Gasteiger partial charge in [-0.25, -0.2) is 4.79 Å². The molecule has 7 nitrogen and oxygen atoms in total. The van der Waals surface area contributed by atoms with Crippen LogP contribution in [0.4, 0.5) is 4.79 Å². The largest absolute Gasteiger partial charge is 0.444 e. The van der Waals surface area contributed by atoms with E-state index in [1.807, 2.05) is 20.8 Å². The monoisotopic (exact) mass is 297 g/mol. The molecule has 0 bridgehead atoms. The summed E-state index contributed by atoms with van der Waals surface area (Å²) in [4.78, 5) is 13.8. The summed E-state index contributed by atoms with van der Waals surface area (Å²) in [6.45, 7) is 6.53. The number of aryl methyl sites for hydroxylation is 1. The third kappa shape index (κ3) is 3.95. The van der Waals surface area contributed by atoms with Gasteiger partial charge in [0, 0.05) is 19.8 Å². The Morgan fingerprint density at radius 3 is 2.86 bits per heavy atom. The molecule has 2 rings (SSSR count). The van der Waals surface area contributed by atoms with Gasteiger partial charge in [-0.1, -0.05) is 0 Å². The van der Waals surface area contributed by atoms with Crippen LogP contribution in [0, 0.1) is 0 Å². The Kier molecular flexibility index (Phi) is 4.53. The highest BCUT2D eigenvalue weighted by atomic mass is 16.6. The zero-order valence-corrected chi connectivity index (χ0v) is 12.9. The Bertz CT molecular complexity index is 495. The molecule has 2 unspecified atom stereocenters. The van der Waals surface area contributed by atoms with Crippen molar-refractivity contribution in [3.8, 4) is 0 Å². The fourth-order valence-corrected chi connectivity index (χ4v) is 2.22. The van der Waals surface area contributed by atoms with E-state index < -0.39 is 23.8 Å². The van der Waals surface area contributed by atoms with Gasteiger partial charge < -0.3 is 14.6 Å². The Balaban J connectivity index is 2.13. The molecule has 21 heavy (non-hydrogen) atoms. The van der Waals surface area contributed by atoms with E-state index in [1.165, 1.54) is 4.90 Å². The molecule has 0 radical (unpaired) electrons. The van der Waals surface area contributed by atoms with Gasteiger partial charge in [-0.15, -0.1) is 0 Å². The van der Waals surface area contributed by atoms with Gasteiger partial charge in [0.1, 0.15) is 11.7 Å². The molecule has 1 aromatic heterocycles. The van der Waals surface area contributed by atoms with Crippen LogP contribution in [0.5, 0.6) is 0 Å². The predicted molar refractivity (Wildman–Crippen MR) is 75.7 cm³/mol. The third-order valence-electron chi connectivity index (χ3n) is 3.20. The molecule has 7 heteroatoms. The second-order valence-electron chi connectivity index (χ2n) is 6.18. The van der Waals surface area contributed by atoms with E-state index in [9.17, 15) is 9.90 Å². The lowest BCUT2D eigenvalue weighted by molar-refractivity contribution is -0.0682. The van der Waals surface area contributed by atoms with Gasteiger partial charge in [-0.3, -0.25) is 9.58 Å². The van der Waals surface area contributed by atoms with E-state index in [4.69, 9.17) is 9.47 Å². The molecule has 1 amide bonds. The van der Waals surface area contributed by atoms with Crippen molar-refractivity contribution in [2.24, 2.45) is 7.05 Å². The van der Waals surface area contributed by atoms with Gasteiger partial charge in [0.25, 0.3) is 0 Å². The molecule has 118 valence electrons. The molecule has 2 heterocycles. The summed E-state index contributed by atoms with van der Waals surface area (Å²) in [6.07, 6.45) is 0.407. The number of amides is 1. The number of aliphatic hydroxyl groups is 1. The lowest BCUT2D eigenvalue weighted by Gasteiger charge is -2.38. The predicted octanol–water partition coefficient (Wildman–Crippen LogP) is 1.09. The SMILES string of the molecule is Cn1ccc(C(O)C2COCCN2C(=O)OC(C)(C)C)n1. The Morgan fingerprint density at radius 2 is 2.29 bits per heavy atom. The number of carbonyl (C=O) groups is 1. The van der Waals surface area contributed by atoms with Crippen molar-refractivity contribution in [2.45, 2.75) is 38.5 Å². The molecule has 1 N–H and O–H groups in total. The molecule has 0 aromatic carbocycles. The summed E-state index contributed by atoms with van der Waals surface area (Å²) < 4.78 is 12.4. The van der Waals surface area contributed by atoms with Crippen molar-refractivity contribution < 1.29 is 19.4 Å². The lowest BCUT2D eigenvalue weighted by atomic mass is 10.1. The summed E-state index contributed by atoms with van der Waals surface area (Å²) in [5.74, 6) is 0. The average molecular weight is 297 g/mol. The maximum absolute atomic E-state index is 12.3. The van der Waals surface area contributed by atoms with Gasteiger partial charge in [0.15, 0.2) is 0 Å². The summed E-state index contributed by atoms with van der Waals surface area (Å²) in [7, 11) is 1.78. The second-order valence-corrected chi connectivity index (χ2v) is 6.18. The van der Waals surface area contributed by atoms with Gasteiger partial charge in [0.05, 0.1) is 24.9 Å².